The third-order valence-electron chi connectivity index (χ3n) is 4.43. The van der Waals surface area contributed by atoms with Crippen molar-refractivity contribution in [2.45, 2.75) is 6.92 Å². The number of para-hydroxylation sites is 1. The maximum atomic E-state index is 12.9. The zero-order chi connectivity index (χ0) is 21.3. The van der Waals surface area contributed by atoms with Crippen molar-refractivity contribution in [1.29, 1.82) is 0 Å². The number of fused-ring (bicyclic) bond motifs is 2. The van der Waals surface area contributed by atoms with E-state index in [4.69, 9.17) is 18.6 Å². The number of ether oxygens (including phenoxy) is 3. The van der Waals surface area contributed by atoms with Gasteiger partial charge in [0, 0.05) is 24.4 Å². The van der Waals surface area contributed by atoms with E-state index >= 15 is 0 Å². The molecule has 0 saturated carbocycles. The van der Waals surface area contributed by atoms with Crippen LogP contribution in [0.3, 0.4) is 0 Å². The van der Waals surface area contributed by atoms with E-state index in [2.05, 4.69) is 10.6 Å². The quantitative estimate of drug-likeness (QED) is 0.635. The van der Waals surface area contributed by atoms with Crippen LogP contribution >= 0.6 is 0 Å². The minimum absolute atomic E-state index is 0.195. The topological polar surface area (TPSA) is 116 Å². The van der Waals surface area contributed by atoms with Gasteiger partial charge in [0.1, 0.15) is 18.8 Å². The minimum atomic E-state index is -0.817. The number of hydrogen-bond donors (Lipinski definition) is 2. The van der Waals surface area contributed by atoms with Gasteiger partial charge in [-0.25, -0.2) is 4.79 Å². The van der Waals surface area contributed by atoms with Crippen LogP contribution in [0.2, 0.25) is 0 Å². The Hall–Kier alpha value is -4.01. The van der Waals surface area contributed by atoms with E-state index in [1.165, 1.54) is 26.2 Å². The molecule has 0 unspecified atom stereocenters. The SMILES string of the molecule is COc1cccc2cc(C(=O)Nc3cc4c(cc3NC(C)=O)OCCO4)c(=O)oc12. The largest absolute Gasteiger partial charge is 0.493 e. The second kappa shape index (κ2) is 7.78. The van der Waals surface area contributed by atoms with Gasteiger partial charge in [0.15, 0.2) is 22.8 Å². The molecule has 154 valence electrons. The van der Waals surface area contributed by atoms with Crippen LogP contribution in [0.4, 0.5) is 11.4 Å². The number of methoxy groups -OCH3 is 1. The Labute approximate surface area is 170 Å². The van der Waals surface area contributed by atoms with Crippen molar-refractivity contribution >= 4 is 34.2 Å². The van der Waals surface area contributed by atoms with Gasteiger partial charge < -0.3 is 29.3 Å². The Morgan fingerprint density at radius 1 is 1.00 bits per heavy atom. The predicted molar refractivity (Wildman–Crippen MR) is 109 cm³/mol. The highest BCUT2D eigenvalue weighted by Gasteiger charge is 2.21. The molecule has 9 heteroatoms. The molecule has 2 heterocycles. The molecular weight excluding hydrogens is 392 g/mol. The summed E-state index contributed by atoms with van der Waals surface area (Å²) in [5.74, 6) is 0.217. The molecule has 4 rings (SSSR count). The van der Waals surface area contributed by atoms with Gasteiger partial charge >= 0.3 is 5.63 Å². The van der Waals surface area contributed by atoms with Gasteiger partial charge in [0.25, 0.3) is 5.91 Å². The molecule has 0 aliphatic carbocycles. The summed E-state index contributed by atoms with van der Waals surface area (Å²) in [6, 6.07) is 9.58. The highest BCUT2D eigenvalue weighted by Crippen LogP contribution is 2.38. The third kappa shape index (κ3) is 3.64. The van der Waals surface area contributed by atoms with E-state index < -0.39 is 11.5 Å². The molecule has 3 aromatic rings. The van der Waals surface area contributed by atoms with Crippen LogP contribution in [0.1, 0.15) is 17.3 Å². The minimum Gasteiger partial charge on any atom is -0.493 e. The van der Waals surface area contributed by atoms with E-state index in [9.17, 15) is 14.4 Å². The lowest BCUT2D eigenvalue weighted by Crippen LogP contribution is -2.22. The van der Waals surface area contributed by atoms with E-state index in [1.807, 2.05) is 0 Å². The summed E-state index contributed by atoms with van der Waals surface area (Å²) < 4.78 is 21.5. The molecule has 30 heavy (non-hydrogen) atoms. The number of rotatable bonds is 4. The fourth-order valence-corrected chi connectivity index (χ4v) is 3.11. The lowest BCUT2D eigenvalue weighted by molar-refractivity contribution is -0.114. The Morgan fingerprint density at radius 2 is 1.67 bits per heavy atom. The average molecular weight is 410 g/mol. The average Bonchev–Trinajstić information content (AvgIpc) is 2.72. The van der Waals surface area contributed by atoms with Gasteiger partial charge in [-0.2, -0.15) is 0 Å². The lowest BCUT2D eigenvalue weighted by atomic mass is 10.1. The molecule has 0 spiro atoms. The van der Waals surface area contributed by atoms with Gasteiger partial charge in [-0.3, -0.25) is 9.59 Å². The van der Waals surface area contributed by atoms with E-state index in [0.29, 0.717) is 41.5 Å². The van der Waals surface area contributed by atoms with Gasteiger partial charge in [-0.05, 0) is 12.1 Å². The van der Waals surface area contributed by atoms with Crippen molar-refractivity contribution in [2.75, 3.05) is 31.0 Å². The first-order valence-electron chi connectivity index (χ1n) is 9.09. The number of carbonyl (C=O) groups excluding carboxylic acids is 2. The lowest BCUT2D eigenvalue weighted by Gasteiger charge is -2.21. The normalized spacial score (nSPS) is 12.3. The Balaban J connectivity index is 1.72. The molecule has 0 saturated heterocycles. The van der Waals surface area contributed by atoms with Gasteiger partial charge in [0.05, 0.1) is 18.5 Å². The van der Waals surface area contributed by atoms with Crippen LogP contribution in [-0.2, 0) is 4.79 Å². The Kier molecular flexibility index (Phi) is 5.01. The summed E-state index contributed by atoms with van der Waals surface area (Å²) in [5.41, 5.74) is -0.195. The predicted octanol–water partition coefficient (Wildman–Crippen LogP) is 2.78. The maximum absolute atomic E-state index is 12.9. The van der Waals surface area contributed by atoms with Crippen LogP contribution in [-0.4, -0.2) is 32.1 Å². The number of amides is 2. The first-order chi connectivity index (χ1) is 14.5. The molecule has 1 aliphatic heterocycles. The van der Waals surface area contributed by atoms with Crippen LogP contribution in [0, 0.1) is 0 Å². The second-order valence-corrected chi connectivity index (χ2v) is 6.50. The van der Waals surface area contributed by atoms with E-state index in [-0.39, 0.29) is 22.7 Å². The summed E-state index contributed by atoms with van der Waals surface area (Å²) in [6.07, 6.45) is 0. The molecule has 2 N–H and O–H groups in total. The molecule has 0 atom stereocenters. The van der Waals surface area contributed by atoms with Crippen molar-refractivity contribution < 1.29 is 28.2 Å². The Morgan fingerprint density at radius 3 is 2.30 bits per heavy atom. The zero-order valence-electron chi connectivity index (χ0n) is 16.2. The van der Waals surface area contributed by atoms with Crippen molar-refractivity contribution in [3.05, 3.63) is 52.4 Å². The van der Waals surface area contributed by atoms with Crippen LogP contribution in [0.5, 0.6) is 17.2 Å². The van der Waals surface area contributed by atoms with E-state index in [1.54, 1.807) is 24.3 Å². The molecule has 1 aromatic heterocycles. The maximum Gasteiger partial charge on any atom is 0.349 e. The standard InChI is InChI=1S/C21H18N2O7/c1-11(24)22-14-9-17-18(29-7-6-28-17)10-15(14)23-20(25)13-8-12-4-3-5-16(27-2)19(12)30-21(13)26/h3-5,8-10H,6-7H2,1-2H3,(H,22,24)(H,23,25). The van der Waals surface area contributed by atoms with Crippen molar-refractivity contribution in [2.24, 2.45) is 0 Å². The highest BCUT2D eigenvalue weighted by atomic mass is 16.6. The number of nitrogens with one attached hydrogen (secondary N) is 2. The fraction of sp³-hybridized carbons (Fsp3) is 0.190. The summed E-state index contributed by atoms with van der Waals surface area (Å²) in [7, 11) is 1.46. The van der Waals surface area contributed by atoms with Gasteiger partial charge in [-0.1, -0.05) is 12.1 Å². The molecular formula is C21H18N2O7. The molecule has 2 amide bonds. The van der Waals surface area contributed by atoms with Crippen molar-refractivity contribution in [3.8, 4) is 17.2 Å². The summed E-state index contributed by atoms with van der Waals surface area (Å²) >= 11 is 0. The third-order valence-corrected chi connectivity index (χ3v) is 4.43. The molecule has 1 aliphatic rings. The molecule has 0 bridgehead atoms. The summed E-state index contributed by atoms with van der Waals surface area (Å²) in [5, 5.41) is 5.80. The van der Waals surface area contributed by atoms with Crippen molar-refractivity contribution in [3.63, 3.8) is 0 Å². The summed E-state index contributed by atoms with van der Waals surface area (Å²) in [4.78, 5) is 36.9. The number of benzene rings is 2. The molecule has 0 fully saturated rings. The Bertz CT molecular complexity index is 1220. The van der Waals surface area contributed by atoms with Gasteiger partial charge in [0.2, 0.25) is 5.91 Å². The monoisotopic (exact) mass is 410 g/mol. The summed E-state index contributed by atoms with van der Waals surface area (Å²) in [6.45, 7) is 2.07. The van der Waals surface area contributed by atoms with Gasteiger partial charge in [-0.15, -0.1) is 0 Å². The van der Waals surface area contributed by atoms with Crippen LogP contribution in [0.25, 0.3) is 11.0 Å². The van der Waals surface area contributed by atoms with Crippen LogP contribution < -0.4 is 30.5 Å². The number of anilines is 2. The fourth-order valence-electron chi connectivity index (χ4n) is 3.11. The molecule has 2 aromatic carbocycles. The second-order valence-electron chi connectivity index (χ2n) is 6.50. The smallest absolute Gasteiger partial charge is 0.349 e. The van der Waals surface area contributed by atoms with Crippen molar-refractivity contribution in [1.82, 2.24) is 0 Å². The highest BCUT2D eigenvalue weighted by molar-refractivity contribution is 6.08. The molecule has 0 radical (unpaired) electrons. The number of hydrogen-bond acceptors (Lipinski definition) is 7. The number of carbonyl (C=O) groups is 2. The zero-order valence-corrected chi connectivity index (χ0v) is 16.2. The van der Waals surface area contributed by atoms with E-state index in [0.717, 1.165) is 0 Å². The first-order valence-corrected chi connectivity index (χ1v) is 9.09. The molecule has 9 nitrogen and oxygen atoms in total. The first kappa shape index (κ1) is 19.3. The van der Waals surface area contributed by atoms with Crippen LogP contribution in [0.15, 0.2) is 45.6 Å².